The normalized spacial score (nSPS) is 22.5. The molecular formula is C24H31N3O4. The number of carbonyl (C=O) groups excluding carboxylic acids is 2. The Bertz CT molecular complexity index is 903. The summed E-state index contributed by atoms with van der Waals surface area (Å²) in [6.45, 7) is 5.76. The largest absolute Gasteiger partial charge is 0.491 e. The molecule has 0 saturated carbocycles. The molecule has 3 atom stereocenters. The summed E-state index contributed by atoms with van der Waals surface area (Å²) in [6.07, 6.45) is -0.0816. The van der Waals surface area contributed by atoms with Crippen LogP contribution in [0.4, 0.5) is 5.69 Å². The molecule has 166 valence electrons. The quantitative estimate of drug-likeness (QED) is 0.790. The predicted octanol–water partition coefficient (Wildman–Crippen LogP) is 3.03. The average molecular weight is 426 g/mol. The maximum atomic E-state index is 13.1. The van der Waals surface area contributed by atoms with Crippen LogP contribution in [0.25, 0.3) is 0 Å². The van der Waals surface area contributed by atoms with Gasteiger partial charge in [-0.25, -0.2) is 0 Å². The van der Waals surface area contributed by atoms with Crippen molar-refractivity contribution in [1.82, 2.24) is 10.2 Å². The van der Waals surface area contributed by atoms with Gasteiger partial charge in [-0.15, -0.1) is 0 Å². The first-order chi connectivity index (χ1) is 14.9. The molecule has 0 bridgehead atoms. The van der Waals surface area contributed by atoms with Gasteiger partial charge in [0.1, 0.15) is 12.4 Å². The van der Waals surface area contributed by atoms with Crippen molar-refractivity contribution >= 4 is 17.5 Å². The topological polar surface area (TPSA) is 79.9 Å². The van der Waals surface area contributed by atoms with Crippen LogP contribution >= 0.6 is 0 Å². The van der Waals surface area contributed by atoms with Gasteiger partial charge in [-0.05, 0) is 37.1 Å². The predicted molar refractivity (Wildman–Crippen MR) is 121 cm³/mol. The summed E-state index contributed by atoms with van der Waals surface area (Å²) >= 11 is 0. The number of nitrogens with one attached hydrogen (secondary N) is 2. The molecule has 0 spiro atoms. The van der Waals surface area contributed by atoms with Crippen LogP contribution in [-0.2, 0) is 4.74 Å². The number of fused-ring (bicyclic) bond motifs is 1. The van der Waals surface area contributed by atoms with Gasteiger partial charge in [0.25, 0.3) is 11.8 Å². The highest BCUT2D eigenvalue weighted by Gasteiger charge is 2.25. The lowest BCUT2D eigenvalue weighted by Gasteiger charge is -2.30. The van der Waals surface area contributed by atoms with Crippen molar-refractivity contribution in [2.45, 2.75) is 26.0 Å². The van der Waals surface area contributed by atoms with Gasteiger partial charge in [-0.1, -0.05) is 25.1 Å². The number of carbonyl (C=O) groups is 2. The number of anilines is 1. The molecule has 0 saturated heterocycles. The van der Waals surface area contributed by atoms with Crippen molar-refractivity contribution in [3.63, 3.8) is 0 Å². The summed E-state index contributed by atoms with van der Waals surface area (Å²) < 4.78 is 11.7. The van der Waals surface area contributed by atoms with E-state index in [0.717, 1.165) is 6.54 Å². The zero-order valence-corrected chi connectivity index (χ0v) is 18.6. The van der Waals surface area contributed by atoms with E-state index in [2.05, 4.69) is 17.6 Å². The number of amides is 2. The Kier molecular flexibility index (Phi) is 7.65. The van der Waals surface area contributed by atoms with Crippen LogP contribution in [0.5, 0.6) is 5.75 Å². The second-order valence-corrected chi connectivity index (χ2v) is 8.09. The number of hydrogen-bond acceptors (Lipinski definition) is 5. The lowest BCUT2D eigenvalue weighted by atomic mass is 10.0. The van der Waals surface area contributed by atoms with Crippen molar-refractivity contribution in [1.29, 1.82) is 0 Å². The minimum Gasteiger partial charge on any atom is -0.491 e. The molecule has 7 heteroatoms. The number of methoxy groups -OCH3 is 1. The zero-order chi connectivity index (χ0) is 22.4. The number of hydrogen-bond donors (Lipinski definition) is 2. The Morgan fingerprint density at radius 3 is 2.65 bits per heavy atom. The molecule has 1 heterocycles. The van der Waals surface area contributed by atoms with Crippen molar-refractivity contribution < 1.29 is 19.1 Å². The van der Waals surface area contributed by atoms with Crippen LogP contribution in [0.15, 0.2) is 48.5 Å². The molecule has 2 N–H and O–H groups in total. The van der Waals surface area contributed by atoms with E-state index in [1.807, 2.05) is 25.1 Å². The molecule has 1 aliphatic rings. The number of likely N-dealkylation sites (N-methyl/N-ethyl adjacent to an activating group) is 1. The standard InChI is InChI=1S/C24H31N3O4/c1-16-13-25-17(2)15-31-21-12-19(26-23(28)18-8-6-5-7-9-18)10-11-20(21)24(29)27(3)14-22(16)30-4/h5-12,16-17,22,25H,13-15H2,1-4H3,(H,26,28)/t16-,17-,22+/m0/s1. The minimum atomic E-state index is -0.218. The third-order valence-electron chi connectivity index (χ3n) is 5.52. The van der Waals surface area contributed by atoms with E-state index in [-0.39, 0.29) is 29.9 Å². The molecule has 2 aromatic rings. The van der Waals surface area contributed by atoms with Gasteiger partial charge >= 0.3 is 0 Å². The van der Waals surface area contributed by atoms with Crippen LogP contribution in [-0.4, -0.2) is 62.7 Å². The van der Waals surface area contributed by atoms with Gasteiger partial charge in [0.05, 0.1) is 11.7 Å². The molecule has 2 amide bonds. The van der Waals surface area contributed by atoms with Gasteiger partial charge < -0.3 is 25.0 Å². The molecule has 0 unspecified atom stereocenters. The van der Waals surface area contributed by atoms with E-state index in [9.17, 15) is 9.59 Å². The fourth-order valence-corrected chi connectivity index (χ4v) is 3.53. The van der Waals surface area contributed by atoms with E-state index in [1.54, 1.807) is 49.4 Å². The second kappa shape index (κ2) is 10.4. The van der Waals surface area contributed by atoms with Gasteiger partial charge in [-0.2, -0.15) is 0 Å². The minimum absolute atomic E-state index is 0.0816. The lowest BCUT2D eigenvalue weighted by Crippen LogP contribution is -2.44. The molecule has 0 aromatic heterocycles. The van der Waals surface area contributed by atoms with Crippen LogP contribution in [0.2, 0.25) is 0 Å². The van der Waals surface area contributed by atoms with Crippen LogP contribution in [0.3, 0.4) is 0 Å². The SMILES string of the molecule is CO[C@@H]1CN(C)C(=O)c2ccc(NC(=O)c3ccccc3)cc2OC[C@H](C)NC[C@@H]1C. The van der Waals surface area contributed by atoms with Crippen LogP contribution in [0, 0.1) is 5.92 Å². The molecule has 2 aromatic carbocycles. The molecular weight excluding hydrogens is 394 g/mol. The highest BCUT2D eigenvalue weighted by atomic mass is 16.5. The zero-order valence-electron chi connectivity index (χ0n) is 18.6. The average Bonchev–Trinajstić information content (AvgIpc) is 2.79. The maximum absolute atomic E-state index is 13.1. The Balaban J connectivity index is 1.87. The fraction of sp³-hybridized carbons (Fsp3) is 0.417. The van der Waals surface area contributed by atoms with E-state index in [0.29, 0.717) is 35.7 Å². The summed E-state index contributed by atoms with van der Waals surface area (Å²) in [5.74, 6) is 0.312. The van der Waals surface area contributed by atoms with Gasteiger partial charge in [0.15, 0.2) is 0 Å². The first kappa shape index (κ1) is 22.8. The summed E-state index contributed by atoms with van der Waals surface area (Å²) in [6, 6.07) is 14.2. The second-order valence-electron chi connectivity index (χ2n) is 8.09. The Morgan fingerprint density at radius 1 is 1.19 bits per heavy atom. The Morgan fingerprint density at radius 2 is 1.94 bits per heavy atom. The summed E-state index contributed by atoms with van der Waals surface area (Å²) in [7, 11) is 3.44. The van der Waals surface area contributed by atoms with Gasteiger partial charge in [0.2, 0.25) is 0 Å². The van der Waals surface area contributed by atoms with Gasteiger partial charge in [-0.3, -0.25) is 9.59 Å². The summed E-state index contributed by atoms with van der Waals surface area (Å²) in [5.41, 5.74) is 1.58. The molecule has 3 rings (SSSR count). The Hall–Kier alpha value is -2.90. The summed E-state index contributed by atoms with van der Waals surface area (Å²) in [4.78, 5) is 27.3. The van der Waals surface area contributed by atoms with Crippen molar-refractivity contribution in [3.05, 3.63) is 59.7 Å². The first-order valence-corrected chi connectivity index (χ1v) is 10.5. The molecule has 31 heavy (non-hydrogen) atoms. The van der Waals surface area contributed by atoms with Crippen molar-refractivity contribution in [2.75, 3.05) is 39.2 Å². The van der Waals surface area contributed by atoms with Gasteiger partial charge in [0, 0.05) is 50.6 Å². The molecule has 0 radical (unpaired) electrons. The van der Waals surface area contributed by atoms with Crippen LogP contribution < -0.4 is 15.4 Å². The first-order valence-electron chi connectivity index (χ1n) is 10.5. The number of nitrogens with zero attached hydrogens (tertiary/aromatic N) is 1. The molecule has 0 aliphatic carbocycles. The Labute approximate surface area is 183 Å². The highest BCUT2D eigenvalue weighted by Crippen LogP contribution is 2.26. The molecule has 0 fully saturated rings. The van der Waals surface area contributed by atoms with Crippen molar-refractivity contribution in [2.24, 2.45) is 5.92 Å². The fourth-order valence-electron chi connectivity index (χ4n) is 3.53. The smallest absolute Gasteiger partial charge is 0.257 e. The van der Waals surface area contributed by atoms with E-state index in [1.165, 1.54) is 0 Å². The van der Waals surface area contributed by atoms with E-state index in [4.69, 9.17) is 9.47 Å². The molecule has 1 aliphatic heterocycles. The van der Waals surface area contributed by atoms with E-state index < -0.39 is 0 Å². The highest BCUT2D eigenvalue weighted by molar-refractivity contribution is 6.05. The molecule has 7 nitrogen and oxygen atoms in total. The lowest BCUT2D eigenvalue weighted by molar-refractivity contribution is 0.0281. The van der Waals surface area contributed by atoms with E-state index >= 15 is 0 Å². The monoisotopic (exact) mass is 425 g/mol. The maximum Gasteiger partial charge on any atom is 0.257 e. The third-order valence-corrected chi connectivity index (χ3v) is 5.52. The third kappa shape index (κ3) is 5.83. The number of ether oxygens (including phenoxy) is 2. The number of rotatable bonds is 3. The van der Waals surface area contributed by atoms with Crippen LogP contribution in [0.1, 0.15) is 34.6 Å². The van der Waals surface area contributed by atoms with Crippen molar-refractivity contribution in [3.8, 4) is 5.75 Å². The summed E-state index contributed by atoms with van der Waals surface area (Å²) in [5, 5.41) is 6.34. The number of benzene rings is 2.